The first-order chi connectivity index (χ1) is 20.1. The molecule has 0 saturated carbocycles. The second-order valence-electron chi connectivity index (χ2n) is 9.94. The van der Waals surface area contributed by atoms with Crippen LogP contribution >= 0.6 is 45.2 Å². The first-order valence-electron chi connectivity index (χ1n) is 13.6. The SMILES string of the molecule is Ic1ccc(C(OC(c2ccccc2)(c2ccccc2)c2ccc(I)cc2)(c2ccccc2)c2ccccc2)cc1. The van der Waals surface area contributed by atoms with Gasteiger partial charge in [-0.15, -0.1) is 0 Å². The topological polar surface area (TPSA) is 9.23 Å². The normalized spacial score (nSPS) is 11.8. The van der Waals surface area contributed by atoms with E-state index in [-0.39, 0.29) is 0 Å². The number of ether oxygens (including phenoxy) is 1. The van der Waals surface area contributed by atoms with Gasteiger partial charge in [-0.3, -0.25) is 0 Å². The number of hydrogen-bond donors (Lipinski definition) is 0. The summed E-state index contributed by atoms with van der Waals surface area (Å²) in [7, 11) is 0. The molecule has 0 N–H and O–H groups in total. The van der Waals surface area contributed by atoms with Crippen LogP contribution in [-0.2, 0) is 15.9 Å². The third kappa shape index (κ3) is 5.39. The molecule has 0 unspecified atom stereocenters. The summed E-state index contributed by atoms with van der Waals surface area (Å²) >= 11 is 4.74. The highest BCUT2D eigenvalue weighted by Crippen LogP contribution is 2.51. The maximum Gasteiger partial charge on any atom is 0.145 e. The molecule has 0 heterocycles. The molecule has 0 fully saturated rings. The average Bonchev–Trinajstić information content (AvgIpc) is 3.05. The highest BCUT2D eigenvalue weighted by atomic mass is 127. The van der Waals surface area contributed by atoms with Gasteiger partial charge in [0.05, 0.1) is 0 Å². The molecule has 0 aliphatic carbocycles. The predicted molar refractivity (Wildman–Crippen MR) is 185 cm³/mol. The van der Waals surface area contributed by atoms with E-state index in [1.54, 1.807) is 0 Å². The molecule has 0 atom stereocenters. The summed E-state index contributed by atoms with van der Waals surface area (Å²) in [5.41, 5.74) is 4.50. The molecule has 6 aromatic rings. The first-order valence-corrected chi connectivity index (χ1v) is 15.7. The Bertz CT molecular complexity index is 1470. The smallest absolute Gasteiger partial charge is 0.145 e. The quantitative estimate of drug-likeness (QED) is 0.111. The van der Waals surface area contributed by atoms with Crippen molar-refractivity contribution in [2.24, 2.45) is 0 Å². The Morgan fingerprint density at radius 3 is 0.756 bits per heavy atom. The molecular formula is C38H28I2O. The third-order valence-electron chi connectivity index (χ3n) is 7.53. The lowest BCUT2D eigenvalue weighted by Crippen LogP contribution is -2.44. The van der Waals surface area contributed by atoms with Gasteiger partial charge in [-0.1, -0.05) is 146 Å². The molecule has 41 heavy (non-hydrogen) atoms. The summed E-state index contributed by atoms with van der Waals surface area (Å²) in [6.45, 7) is 0. The Labute approximate surface area is 269 Å². The third-order valence-corrected chi connectivity index (χ3v) is 8.97. The van der Waals surface area contributed by atoms with Crippen LogP contribution in [0.4, 0.5) is 0 Å². The van der Waals surface area contributed by atoms with E-state index >= 15 is 0 Å². The van der Waals surface area contributed by atoms with E-state index < -0.39 is 11.2 Å². The molecule has 6 rings (SSSR count). The largest absolute Gasteiger partial charge is 0.340 e. The fourth-order valence-electron chi connectivity index (χ4n) is 5.64. The van der Waals surface area contributed by atoms with E-state index in [0.29, 0.717) is 0 Å². The van der Waals surface area contributed by atoms with Crippen molar-refractivity contribution < 1.29 is 4.74 Å². The second kappa shape index (κ2) is 12.3. The Balaban J connectivity index is 1.76. The summed E-state index contributed by atoms with van der Waals surface area (Å²) in [6.07, 6.45) is 0. The molecule has 1 nitrogen and oxygen atoms in total. The molecule has 0 saturated heterocycles. The fourth-order valence-corrected chi connectivity index (χ4v) is 6.36. The monoisotopic (exact) mass is 754 g/mol. The summed E-state index contributed by atoms with van der Waals surface area (Å²) in [6, 6.07) is 60.0. The van der Waals surface area contributed by atoms with Gasteiger partial charge in [-0.2, -0.15) is 0 Å². The molecule has 0 radical (unpaired) electrons. The van der Waals surface area contributed by atoms with E-state index in [4.69, 9.17) is 4.74 Å². The average molecular weight is 754 g/mol. The van der Waals surface area contributed by atoms with Crippen molar-refractivity contribution in [2.75, 3.05) is 0 Å². The van der Waals surface area contributed by atoms with E-state index in [0.717, 1.165) is 33.4 Å². The molecule has 0 aromatic heterocycles. The van der Waals surface area contributed by atoms with Crippen molar-refractivity contribution in [1.29, 1.82) is 0 Å². The lowest BCUT2D eigenvalue weighted by atomic mass is 9.75. The fraction of sp³-hybridized carbons (Fsp3) is 0.0526. The molecule has 0 amide bonds. The van der Waals surface area contributed by atoms with E-state index in [1.165, 1.54) is 7.14 Å². The standard InChI is InChI=1S/C38H28I2O/c39-35-25-21-33(22-26-35)37(29-13-5-1-6-14-29,30-15-7-2-8-16-30)41-38(31-17-9-3-10-18-31,32-19-11-4-12-20-32)34-23-27-36(40)28-24-34/h1-28H. The Hall–Kier alpha value is -3.26. The summed E-state index contributed by atoms with van der Waals surface area (Å²) < 4.78 is 10.4. The maximum atomic E-state index is 8.02. The van der Waals surface area contributed by atoms with Crippen molar-refractivity contribution in [1.82, 2.24) is 0 Å². The lowest BCUT2D eigenvalue weighted by Gasteiger charge is -2.46. The van der Waals surface area contributed by atoms with Gasteiger partial charge in [0, 0.05) is 7.14 Å². The van der Waals surface area contributed by atoms with Gasteiger partial charge in [0.25, 0.3) is 0 Å². The van der Waals surface area contributed by atoms with Gasteiger partial charge in [0.1, 0.15) is 11.2 Å². The highest BCUT2D eigenvalue weighted by Gasteiger charge is 2.48. The number of benzene rings is 6. The lowest BCUT2D eigenvalue weighted by molar-refractivity contribution is -0.0810. The van der Waals surface area contributed by atoms with Crippen molar-refractivity contribution >= 4 is 45.2 Å². The van der Waals surface area contributed by atoms with Crippen molar-refractivity contribution in [3.8, 4) is 0 Å². The van der Waals surface area contributed by atoms with Crippen LogP contribution in [0.1, 0.15) is 33.4 Å². The predicted octanol–water partition coefficient (Wildman–Crippen LogP) is 10.2. The molecule has 200 valence electrons. The summed E-state index contributed by atoms with van der Waals surface area (Å²) in [4.78, 5) is 0. The van der Waals surface area contributed by atoms with Crippen LogP contribution in [0.2, 0.25) is 0 Å². The molecule has 0 spiro atoms. The van der Waals surface area contributed by atoms with Gasteiger partial charge in [-0.25, -0.2) is 0 Å². The van der Waals surface area contributed by atoms with Gasteiger partial charge >= 0.3 is 0 Å². The van der Waals surface area contributed by atoms with Crippen LogP contribution in [-0.4, -0.2) is 0 Å². The molecule has 0 aliphatic heterocycles. The van der Waals surface area contributed by atoms with Crippen LogP contribution in [0, 0.1) is 7.14 Å². The first kappa shape index (κ1) is 27.9. The van der Waals surface area contributed by atoms with Gasteiger partial charge in [0.2, 0.25) is 0 Å². The summed E-state index contributed by atoms with van der Waals surface area (Å²) in [5.74, 6) is 0. The molecular weight excluding hydrogens is 726 g/mol. The zero-order valence-electron chi connectivity index (χ0n) is 22.3. The Morgan fingerprint density at radius 1 is 0.293 bits per heavy atom. The van der Waals surface area contributed by atoms with Crippen LogP contribution in [0.25, 0.3) is 0 Å². The minimum atomic E-state index is -0.943. The van der Waals surface area contributed by atoms with E-state index in [2.05, 4.69) is 215 Å². The Morgan fingerprint density at radius 2 is 0.512 bits per heavy atom. The zero-order valence-corrected chi connectivity index (χ0v) is 26.6. The van der Waals surface area contributed by atoms with Crippen LogP contribution in [0.3, 0.4) is 0 Å². The molecule has 6 aromatic carbocycles. The number of hydrogen-bond acceptors (Lipinski definition) is 1. The van der Waals surface area contributed by atoms with Crippen LogP contribution < -0.4 is 0 Å². The second-order valence-corrected chi connectivity index (χ2v) is 12.4. The van der Waals surface area contributed by atoms with Crippen LogP contribution in [0.5, 0.6) is 0 Å². The van der Waals surface area contributed by atoms with Crippen molar-refractivity contribution in [3.05, 3.63) is 210 Å². The highest BCUT2D eigenvalue weighted by molar-refractivity contribution is 14.1. The number of rotatable bonds is 8. The molecule has 0 bridgehead atoms. The van der Waals surface area contributed by atoms with Gasteiger partial charge < -0.3 is 4.74 Å². The van der Waals surface area contributed by atoms with E-state index in [9.17, 15) is 0 Å². The Kier molecular flexibility index (Phi) is 8.37. The molecule has 0 aliphatic rings. The molecule has 3 heteroatoms. The van der Waals surface area contributed by atoms with Gasteiger partial charge in [-0.05, 0) is 103 Å². The summed E-state index contributed by atoms with van der Waals surface area (Å²) in [5, 5.41) is 0. The van der Waals surface area contributed by atoms with Crippen molar-refractivity contribution in [3.63, 3.8) is 0 Å². The maximum absolute atomic E-state index is 8.02. The van der Waals surface area contributed by atoms with Crippen LogP contribution in [0.15, 0.2) is 170 Å². The van der Waals surface area contributed by atoms with E-state index in [1.807, 2.05) is 0 Å². The number of halogens is 2. The van der Waals surface area contributed by atoms with Crippen molar-refractivity contribution in [2.45, 2.75) is 11.2 Å². The van der Waals surface area contributed by atoms with Gasteiger partial charge in [0.15, 0.2) is 0 Å². The zero-order chi connectivity index (χ0) is 28.1. The minimum absolute atomic E-state index is 0.943. The minimum Gasteiger partial charge on any atom is -0.340 e.